The van der Waals surface area contributed by atoms with Gasteiger partial charge in [0.25, 0.3) is 0 Å². The first-order valence-corrected chi connectivity index (χ1v) is 5.62. The lowest BCUT2D eigenvalue weighted by atomic mass is 10.2. The Morgan fingerprint density at radius 1 is 0.500 bits per heavy atom. The average Bonchev–Trinajstić information content (AvgIpc) is 2.22. The van der Waals surface area contributed by atoms with Crippen molar-refractivity contribution < 1.29 is 0 Å². The number of hydrogen-bond acceptors (Lipinski definition) is 0. The molecule has 0 saturated carbocycles. The van der Waals surface area contributed by atoms with Crippen LogP contribution in [-0.2, 0) is 0 Å². The van der Waals surface area contributed by atoms with Gasteiger partial charge in [-0.15, -0.1) is 0 Å². The Kier molecular flexibility index (Phi) is 6.74. The molecule has 0 radical (unpaired) electrons. The summed E-state index contributed by atoms with van der Waals surface area (Å²) in [6, 6.07) is 0. The van der Waals surface area contributed by atoms with Crippen LogP contribution < -0.4 is 0 Å². The molecular formula is C14H20. The van der Waals surface area contributed by atoms with Gasteiger partial charge in [-0.1, -0.05) is 48.6 Å². The molecule has 0 atom stereocenters. The first-order valence-electron chi connectivity index (χ1n) is 5.62. The smallest absolute Gasteiger partial charge is 0.0166 e. The van der Waals surface area contributed by atoms with E-state index in [-0.39, 0.29) is 0 Å². The van der Waals surface area contributed by atoms with Crippen LogP contribution in [0.25, 0.3) is 0 Å². The molecule has 0 heterocycles. The Labute approximate surface area is 87.7 Å². The zero-order valence-electron chi connectivity index (χ0n) is 8.86. The topological polar surface area (TPSA) is 0 Å². The van der Waals surface area contributed by atoms with Crippen LogP contribution in [0.15, 0.2) is 48.6 Å². The summed E-state index contributed by atoms with van der Waals surface area (Å²) in [5.74, 6) is 0. The summed E-state index contributed by atoms with van der Waals surface area (Å²) in [7, 11) is 0. The van der Waals surface area contributed by atoms with Crippen LogP contribution in [0.5, 0.6) is 0 Å². The van der Waals surface area contributed by atoms with E-state index >= 15 is 0 Å². The van der Waals surface area contributed by atoms with E-state index in [1.54, 1.807) is 0 Å². The average molecular weight is 188 g/mol. The molecular weight excluding hydrogens is 168 g/mol. The van der Waals surface area contributed by atoms with Crippen LogP contribution in [0.4, 0.5) is 0 Å². The molecule has 0 amide bonds. The van der Waals surface area contributed by atoms with Gasteiger partial charge in [0.1, 0.15) is 0 Å². The Bertz CT molecular complexity index is 228. The predicted octanol–water partition coefficient (Wildman–Crippen LogP) is 4.57. The summed E-state index contributed by atoms with van der Waals surface area (Å²) in [6.45, 7) is 0. The van der Waals surface area contributed by atoms with Crippen LogP contribution in [0.2, 0.25) is 0 Å². The van der Waals surface area contributed by atoms with Gasteiger partial charge in [-0.2, -0.15) is 0 Å². The second-order valence-electron chi connectivity index (χ2n) is 3.54. The lowest BCUT2D eigenvalue weighted by molar-refractivity contribution is 0.862. The van der Waals surface area contributed by atoms with Gasteiger partial charge in [-0.25, -0.2) is 0 Å². The number of allylic oxidation sites excluding steroid dienone is 8. The summed E-state index contributed by atoms with van der Waals surface area (Å²) in [5.41, 5.74) is 0. The van der Waals surface area contributed by atoms with E-state index in [1.807, 2.05) is 0 Å². The summed E-state index contributed by atoms with van der Waals surface area (Å²) < 4.78 is 0. The van der Waals surface area contributed by atoms with E-state index in [1.165, 1.54) is 32.1 Å². The lowest BCUT2D eigenvalue weighted by Crippen LogP contribution is -1.71. The minimum atomic E-state index is 1.06. The fourth-order valence-electron chi connectivity index (χ4n) is 1.41. The van der Waals surface area contributed by atoms with Gasteiger partial charge < -0.3 is 0 Å². The predicted molar refractivity (Wildman–Crippen MR) is 64.3 cm³/mol. The van der Waals surface area contributed by atoms with E-state index in [0.717, 1.165) is 6.42 Å². The van der Waals surface area contributed by atoms with Crippen LogP contribution in [0, 0.1) is 0 Å². The first-order chi connectivity index (χ1) is 7.00. The molecule has 76 valence electrons. The fourth-order valence-corrected chi connectivity index (χ4v) is 1.41. The van der Waals surface area contributed by atoms with E-state index in [0.29, 0.717) is 0 Å². The van der Waals surface area contributed by atoms with Gasteiger partial charge >= 0.3 is 0 Å². The van der Waals surface area contributed by atoms with Crippen molar-refractivity contribution in [1.29, 1.82) is 0 Å². The van der Waals surface area contributed by atoms with Gasteiger partial charge in [-0.05, 0) is 38.5 Å². The highest BCUT2D eigenvalue weighted by Gasteiger charge is 1.81. The third kappa shape index (κ3) is 6.47. The highest BCUT2D eigenvalue weighted by Crippen LogP contribution is 2.02. The van der Waals surface area contributed by atoms with Crippen LogP contribution in [0.1, 0.15) is 38.5 Å². The molecule has 0 aromatic carbocycles. The molecule has 0 bridgehead atoms. The van der Waals surface area contributed by atoms with Gasteiger partial charge in [0.15, 0.2) is 0 Å². The molecule has 0 aromatic rings. The molecule has 0 N–H and O–H groups in total. The quantitative estimate of drug-likeness (QED) is 0.489. The minimum Gasteiger partial charge on any atom is -0.0885 e. The van der Waals surface area contributed by atoms with Crippen molar-refractivity contribution in [2.45, 2.75) is 38.5 Å². The monoisotopic (exact) mass is 188 g/mol. The molecule has 0 fully saturated rings. The Morgan fingerprint density at radius 2 is 1.14 bits per heavy atom. The van der Waals surface area contributed by atoms with Crippen LogP contribution >= 0.6 is 0 Å². The zero-order valence-corrected chi connectivity index (χ0v) is 8.86. The van der Waals surface area contributed by atoms with Crippen molar-refractivity contribution in [3.8, 4) is 0 Å². The summed E-state index contributed by atoms with van der Waals surface area (Å²) in [4.78, 5) is 0. The summed E-state index contributed by atoms with van der Waals surface area (Å²) >= 11 is 0. The first kappa shape index (κ1) is 11.0. The van der Waals surface area contributed by atoms with Crippen LogP contribution in [-0.4, -0.2) is 0 Å². The normalized spacial score (nSPS) is 26.3. The molecule has 1 rings (SSSR count). The summed E-state index contributed by atoms with van der Waals surface area (Å²) in [5, 5.41) is 0. The maximum Gasteiger partial charge on any atom is -0.0166 e. The van der Waals surface area contributed by atoms with Crippen molar-refractivity contribution in [2.75, 3.05) is 0 Å². The molecule has 0 unspecified atom stereocenters. The van der Waals surface area contributed by atoms with Crippen molar-refractivity contribution in [1.82, 2.24) is 0 Å². The Balaban J connectivity index is 2.34. The molecule has 0 aromatic heterocycles. The highest BCUT2D eigenvalue weighted by atomic mass is 13.9. The molecule has 1 aliphatic carbocycles. The highest BCUT2D eigenvalue weighted by molar-refractivity contribution is 5.05. The van der Waals surface area contributed by atoms with E-state index < -0.39 is 0 Å². The second kappa shape index (κ2) is 8.55. The second-order valence-corrected chi connectivity index (χ2v) is 3.54. The largest absolute Gasteiger partial charge is 0.0885 e. The molecule has 0 nitrogen and oxygen atoms in total. The van der Waals surface area contributed by atoms with Crippen LogP contribution in [0.3, 0.4) is 0 Å². The maximum atomic E-state index is 2.31. The van der Waals surface area contributed by atoms with E-state index in [2.05, 4.69) is 48.6 Å². The fraction of sp³-hybridized carbons (Fsp3) is 0.429. The molecule has 1 aliphatic rings. The molecule has 0 aliphatic heterocycles. The van der Waals surface area contributed by atoms with Crippen molar-refractivity contribution in [2.24, 2.45) is 0 Å². The van der Waals surface area contributed by atoms with Crippen molar-refractivity contribution >= 4 is 0 Å². The van der Waals surface area contributed by atoms with Gasteiger partial charge in [0.05, 0.1) is 0 Å². The van der Waals surface area contributed by atoms with Gasteiger partial charge in [0, 0.05) is 0 Å². The molecule has 14 heavy (non-hydrogen) atoms. The zero-order chi connectivity index (χ0) is 9.90. The van der Waals surface area contributed by atoms with Crippen molar-refractivity contribution in [3.05, 3.63) is 48.6 Å². The number of hydrogen-bond donors (Lipinski definition) is 0. The third-order valence-corrected chi connectivity index (χ3v) is 2.23. The van der Waals surface area contributed by atoms with Gasteiger partial charge in [0.2, 0.25) is 0 Å². The lowest BCUT2D eigenvalue weighted by Gasteiger charge is -1.91. The SMILES string of the molecule is C1=CCCC/C=C/C=C/C/C=C\CC1. The standard InChI is InChI=1S/C14H20/c1-2-4-6-8-10-12-14-13-11-9-7-5-3-1/h1-4,7,9,12,14H,5-6,8,10-11,13H2/b3-1+,4-2+,9-7-,14-12?. The third-order valence-electron chi connectivity index (χ3n) is 2.23. The number of rotatable bonds is 0. The Morgan fingerprint density at radius 3 is 2.07 bits per heavy atom. The molecule has 0 saturated heterocycles. The van der Waals surface area contributed by atoms with E-state index in [9.17, 15) is 0 Å². The maximum absolute atomic E-state index is 2.31. The summed E-state index contributed by atoms with van der Waals surface area (Å²) in [6.07, 6.45) is 25.0. The Hall–Kier alpha value is -1.04. The van der Waals surface area contributed by atoms with Gasteiger partial charge in [-0.3, -0.25) is 0 Å². The van der Waals surface area contributed by atoms with Crippen molar-refractivity contribution in [3.63, 3.8) is 0 Å². The van der Waals surface area contributed by atoms with E-state index in [4.69, 9.17) is 0 Å². The molecule has 0 heteroatoms. The molecule has 0 spiro atoms. The minimum absolute atomic E-state index is 1.06.